The fourth-order valence-electron chi connectivity index (χ4n) is 6.07. The van der Waals surface area contributed by atoms with Gasteiger partial charge in [0.15, 0.2) is 17.7 Å². The Kier molecular flexibility index (Phi) is 24.1. The Morgan fingerprint density at radius 1 is 0.738 bits per heavy atom. The van der Waals surface area contributed by atoms with Crippen LogP contribution in [-0.2, 0) is 11.8 Å². The molecule has 360 valence electrons. The first-order chi connectivity index (χ1) is 30.2. The highest BCUT2D eigenvalue weighted by molar-refractivity contribution is 8.76. The highest BCUT2D eigenvalue weighted by Gasteiger charge is 2.33. The van der Waals surface area contributed by atoms with E-state index in [0.29, 0.717) is 27.4 Å². The molecule has 0 saturated heterocycles. The summed E-state index contributed by atoms with van der Waals surface area (Å²) in [5.74, 6) is 4.76. The summed E-state index contributed by atoms with van der Waals surface area (Å²) < 4.78 is 10.3. The van der Waals surface area contributed by atoms with E-state index in [2.05, 4.69) is 173 Å². The van der Waals surface area contributed by atoms with E-state index < -0.39 is 0 Å². The van der Waals surface area contributed by atoms with Crippen LogP contribution < -0.4 is 9.47 Å². The highest BCUT2D eigenvalue weighted by Crippen LogP contribution is 2.44. The van der Waals surface area contributed by atoms with Gasteiger partial charge in [0.1, 0.15) is 12.1 Å². The zero-order valence-corrected chi connectivity index (χ0v) is 45.6. The van der Waals surface area contributed by atoms with Gasteiger partial charge in [-0.05, 0) is 100 Å². The molecule has 1 atom stereocenters. The normalized spacial score (nSPS) is 14.8. The Morgan fingerprint density at radius 3 is 1.78 bits per heavy atom. The van der Waals surface area contributed by atoms with Crippen LogP contribution in [0.25, 0.3) is 10.4 Å². The second-order valence-corrected chi connectivity index (χ2v) is 25.8. The van der Waals surface area contributed by atoms with Crippen LogP contribution in [0.3, 0.4) is 0 Å². The summed E-state index contributed by atoms with van der Waals surface area (Å²) in [5.41, 5.74) is 6.50. The molecule has 0 spiro atoms. The number of methoxy groups -OCH3 is 2. The first-order valence-corrected chi connectivity index (χ1v) is 26.4. The van der Waals surface area contributed by atoms with E-state index in [1.165, 1.54) is 42.5 Å². The number of benzene rings is 3. The van der Waals surface area contributed by atoms with Crippen LogP contribution in [0.2, 0.25) is 0 Å². The molecule has 1 saturated carbocycles. The molecule has 0 bridgehead atoms. The predicted octanol–water partition coefficient (Wildman–Crippen LogP) is 16.9. The Morgan fingerprint density at radius 2 is 1.37 bits per heavy atom. The van der Waals surface area contributed by atoms with E-state index in [0.717, 1.165) is 46.4 Å². The van der Waals surface area contributed by atoms with Crippen LogP contribution >= 0.6 is 32.9 Å². The lowest BCUT2D eigenvalue weighted by atomic mass is 9.87. The molecule has 1 aliphatic heterocycles. The second kappa shape index (κ2) is 27.3. The minimum atomic E-state index is 0.0394. The minimum absolute atomic E-state index is 0.0394. The first kappa shape index (κ1) is 57.5. The number of phenolic OH excluding ortho intramolecular Hbond substituents is 1. The van der Waals surface area contributed by atoms with Crippen LogP contribution in [0.1, 0.15) is 140 Å². The second-order valence-electron chi connectivity index (χ2n) is 22.2. The van der Waals surface area contributed by atoms with Crippen molar-refractivity contribution in [3.8, 4) is 27.7 Å². The van der Waals surface area contributed by atoms with Gasteiger partial charge in [-0.15, -0.1) is 16.5 Å². The average Bonchev–Trinajstić information content (AvgIpc) is 3.66. The fraction of sp³-hybridized carbons (Fsp3) is 0.564. The van der Waals surface area contributed by atoms with Crippen molar-refractivity contribution < 1.29 is 14.6 Å². The van der Waals surface area contributed by atoms with Crippen molar-refractivity contribution in [2.45, 2.75) is 141 Å². The van der Waals surface area contributed by atoms with E-state index >= 15 is 0 Å². The first-order valence-electron chi connectivity index (χ1n) is 23.0. The summed E-state index contributed by atoms with van der Waals surface area (Å²) in [6.45, 7) is 34.3. The van der Waals surface area contributed by atoms with Crippen molar-refractivity contribution in [2.75, 3.05) is 32.3 Å². The molecule has 3 aromatic carbocycles. The SMILES string of the molecule is CC(C)(C)C1CC1.CC(C)(C)C1N=CN=N1.CC(C)(C)c1ccccc1.COc1cc(-c2cccs2)c(C=NCCSSCCC(C)(C)C)cc1O.COc1ccc(CC(C)(C)C)cc1. The van der Waals surface area contributed by atoms with Crippen LogP contribution in [0.5, 0.6) is 17.2 Å². The Labute approximate surface area is 407 Å². The number of phenols is 1. The van der Waals surface area contributed by atoms with Gasteiger partial charge in [0.05, 0.1) is 14.2 Å². The van der Waals surface area contributed by atoms with Crippen molar-refractivity contribution in [3.63, 3.8) is 0 Å². The number of aliphatic imine (C=N–C) groups is 2. The van der Waals surface area contributed by atoms with Crippen molar-refractivity contribution in [2.24, 2.45) is 47.8 Å². The third kappa shape index (κ3) is 25.2. The monoisotopic (exact) mass is 945 g/mol. The number of nitrogens with zero attached hydrogens (tertiary/aromatic N) is 4. The summed E-state index contributed by atoms with van der Waals surface area (Å²) in [6, 6.07) is 26.5. The van der Waals surface area contributed by atoms with Gasteiger partial charge in [0.2, 0.25) is 0 Å². The maximum Gasteiger partial charge on any atom is 0.167 e. The number of azo groups is 1. The molecular formula is C55H84N4O3S3. The number of hydrogen-bond acceptors (Lipinski definition) is 10. The van der Waals surface area contributed by atoms with Gasteiger partial charge in [0.25, 0.3) is 0 Å². The van der Waals surface area contributed by atoms with E-state index in [-0.39, 0.29) is 17.3 Å². The van der Waals surface area contributed by atoms with E-state index in [1.807, 2.05) is 57.4 Å². The van der Waals surface area contributed by atoms with Crippen LogP contribution in [-0.4, -0.2) is 56.1 Å². The summed E-state index contributed by atoms with van der Waals surface area (Å²) >= 11 is 1.66. The molecule has 0 radical (unpaired) electrons. The summed E-state index contributed by atoms with van der Waals surface area (Å²) in [5, 5.41) is 19.7. The number of rotatable bonds is 11. The number of thiophene rings is 1. The Bertz CT molecular complexity index is 1980. The zero-order valence-electron chi connectivity index (χ0n) is 43.1. The Balaban J connectivity index is 0.000000309. The van der Waals surface area contributed by atoms with Gasteiger partial charge in [-0.3, -0.25) is 4.99 Å². The maximum absolute atomic E-state index is 10.1. The standard InChI is InChI=1S/C20H27NO2S3.C12H18O.C10H14.C7H14.C6H11N3/c1-20(2,3)7-10-25-26-11-8-21-14-15-12-17(22)18(23-4)13-16(15)19-6-5-9-24-19;1-12(2,3)9-10-5-7-11(13-4)8-6-10;1-10(2,3)9-7-5-4-6-8-9;1-7(2,3)6-4-5-6;1-6(2,3)5-7-4-8-9-5/h5-6,9,12-14,22H,7-8,10-11H2,1-4H3;5-8H,9H2,1-4H3;4-8H,1-3H3;6H,4-5H2,1-3H3;4-5H,1-3H3. The third-order valence-electron chi connectivity index (χ3n) is 10.2. The molecule has 2 aliphatic rings. The van der Waals surface area contributed by atoms with Crippen LogP contribution in [0.15, 0.2) is 104 Å². The van der Waals surface area contributed by atoms with Crippen molar-refractivity contribution in [1.29, 1.82) is 0 Å². The van der Waals surface area contributed by atoms with E-state index in [9.17, 15) is 5.11 Å². The smallest absolute Gasteiger partial charge is 0.167 e. The maximum atomic E-state index is 10.1. The molecule has 1 fully saturated rings. The molecule has 1 unspecified atom stereocenters. The van der Waals surface area contributed by atoms with Gasteiger partial charge in [-0.2, -0.15) is 5.11 Å². The molecule has 1 aromatic heterocycles. The molecule has 1 aliphatic carbocycles. The molecule has 10 heteroatoms. The van der Waals surface area contributed by atoms with Gasteiger partial charge >= 0.3 is 0 Å². The molecular weight excluding hydrogens is 861 g/mol. The molecule has 0 amide bonds. The fourth-order valence-corrected chi connectivity index (χ4v) is 9.13. The van der Waals surface area contributed by atoms with Crippen molar-refractivity contribution in [3.05, 3.63) is 101 Å². The number of hydrogen-bond donors (Lipinski definition) is 1. The van der Waals surface area contributed by atoms with E-state index in [1.54, 1.807) is 31.6 Å². The van der Waals surface area contributed by atoms with Crippen molar-refractivity contribution >= 4 is 45.5 Å². The lowest BCUT2D eigenvalue weighted by Gasteiger charge is -2.19. The molecule has 1 N–H and O–H groups in total. The summed E-state index contributed by atoms with van der Waals surface area (Å²) in [7, 11) is 7.06. The molecule has 4 aromatic rings. The zero-order chi connectivity index (χ0) is 48.9. The van der Waals surface area contributed by atoms with Crippen LogP contribution in [0.4, 0.5) is 0 Å². The molecule has 65 heavy (non-hydrogen) atoms. The molecule has 6 rings (SSSR count). The average molecular weight is 946 g/mol. The van der Waals surface area contributed by atoms with Crippen molar-refractivity contribution in [1.82, 2.24) is 0 Å². The largest absolute Gasteiger partial charge is 0.504 e. The van der Waals surface area contributed by atoms with Gasteiger partial charge < -0.3 is 14.6 Å². The van der Waals surface area contributed by atoms with Crippen LogP contribution in [0, 0.1) is 27.6 Å². The van der Waals surface area contributed by atoms with Gasteiger partial charge in [-0.1, -0.05) is 174 Å². The highest BCUT2D eigenvalue weighted by atomic mass is 33.1. The van der Waals surface area contributed by atoms with Gasteiger partial charge in [-0.25, -0.2) is 4.99 Å². The number of ether oxygens (including phenoxy) is 2. The van der Waals surface area contributed by atoms with Gasteiger partial charge in [0, 0.05) is 45.7 Å². The quantitative estimate of drug-likeness (QED) is 0.0919. The predicted molar refractivity (Wildman–Crippen MR) is 289 cm³/mol. The minimum Gasteiger partial charge on any atom is -0.504 e. The number of aromatic hydroxyl groups is 1. The summed E-state index contributed by atoms with van der Waals surface area (Å²) in [4.78, 5) is 9.73. The lowest BCUT2D eigenvalue weighted by molar-refractivity contribution is 0.330. The van der Waals surface area contributed by atoms with E-state index in [4.69, 9.17) is 9.47 Å². The molecule has 7 nitrogen and oxygen atoms in total. The Hall–Kier alpha value is -3.60. The summed E-state index contributed by atoms with van der Waals surface area (Å²) in [6.07, 6.45) is 8.69. The molecule has 2 heterocycles. The lowest BCUT2D eigenvalue weighted by Crippen LogP contribution is -2.20. The topological polar surface area (TPSA) is 88.1 Å². The third-order valence-corrected chi connectivity index (χ3v) is 13.5.